The summed E-state index contributed by atoms with van der Waals surface area (Å²) in [5, 5.41) is 5.51. The van der Waals surface area contributed by atoms with E-state index in [1.54, 1.807) is 0 Å². The van der Waals surface area contributed by atoms with Crippen LogP contribution in [0.25, 0.3) is 10.8 Å². The molecule has 0 saturated heterocycles. The zero-order chi connectivity index (χ0) is 17.6. The number of fused-ring (bicyclic) bond motifs is 1. The van der Waals surface area contributed by atoms with Gasteiger partial charge in [0.2, 0.25) is 5.91 Å². The number of likely N-dealkylation sites (N-methyl/N-ethyl adjacent to an activating group) is 1. The van der Waals surface area contributed by atoms with E-state index in [0.717, 1.165) is 12.1 Å². The van der Waals surface area contributed by atoms with Crippen molar-refractivity contribution in [2.45, 2.75) is 19.5 Å². The largest absolute Gasteiger partial charge is 0.348 e. The lowest BCUT2D eigenvalue weighted by molar-refractivity contribution is -0.122. The minimum atomic E-state index is -0.0243. The Morgan fingerprint density at radius 3 is 2.44 bits per heavy atom. The second kappa shape index (κ2) is 7.95. The van der Waals surface area contributed by atoms with E-state index >= 15 is 0 Å². The van der Waals surface area contributed by atoms with Gasteiger partial charge in [-0.2, -0.15) is 0 Å². The SMILES string of the molecule is C[C@H](NC(=O)CN(C)Cc1ccccc1)c1cccc2ccccc12. The van der Waals surface area contributed by atoms with Crippen molar-refractivity contribution in [2.75, 3.05) is 13.6 Å². The molecular formula is C22H24N2O. The lowest BCUT2D eigenvalue weighted by Gasteiger charge is -2.20. The van der Waals surface area contributed by atoms with E-state index in [1.807, 2.05) is 55.3 Å². The minimum absolute atomic E-state index is 0.0243. The molecule has 1 amide bonds. The van der Waals surface area contributed by atoms with Gasteiger partial charge in [-0.3, -0.25) is 9.69 Å². The second-order valence-corrected chi connectivity index (χ2v) is 6.52. The predicted molar refractivity (Wildman–Crippen MR) is 103 cm³/mol. The van der Waals surface area contributed by atoms with Gasteiger partial charge in [0.15, 0.2) is 0 Å². The molecule has 0 aromatic heterocycles. The van der Waals surface area contributed by atoms with E-state index in [2.05, 4.69) is 41.7 Å². The van der Waals surface area contributed by atoms with Crippen LogP contribution >= 0.6 is 0 Å². The molecule has 1 N–H and O–H groups in total. The normalized spacial score (nSPS) is 12.3. The van der Waals surface area contributed by atoms with E-state index < -0.39 is 0 Å². The number of benzene rings is 3. The van der Waals surface area contributed by atoms with Gasteiger partial charge in [-0.25, -0.2) is 0 Å². The van der Waals surface area contributed by atoms with E-state index in [-0.39, 0.29) is 11.9 Å². The number of amides is 1. The molecule has 0 saturated carbocycles. The molecule has 0 radical (unpaired) electrons. The van der Waals surface area contributed by atoms with Crippen LogP contribution in [0.1, 0.15) is 24.1 Å². The van der Waals surface area contributed by atoms with Gasteiger partial charge >= 0.3 is 0 Å². The molecule has 0 bridgehead atoms. The van der Waals surface area contributed by atoms with Crippen LogP contribution in [0.15, 0.2) is 72.8 Å². The maximum absolute atomic E-state index is 12.4. The molecular weight excluding hydrogens is 308 g/mol. The van der Waals surface area contributed by atoms with Crippen LogP contribution in [0.4, 0.5) is 0 Å². The first kappa shape index (κ1) is 17.2. The summed E-state index contributed by atoms with van der Waals surface area (Å²) in [6.07, 6.45) is 0. The molecule has 0 aliphatic rings. The van der Waals surface area contributed by atoms with Crippen molar-refractivity contribution >= 4 is 16.7 Å². The fraction of sp³-hybridized carbons (Fsp3) is 0.227. The summed E-state index contributed by atoms with van der Waals surface area (Å²) >= 11 is 0. The minimum Gasteiger partial charge on any atom is -0.348 e. The third kappa shape index (κ3) is 4.46. The number of nitrogens with one attached hydrogen (secondary N) is 1. The number of rotatable bonds is 6. The molecule has 0 heterocycles. The van der Waals surface area contributed by atoms with Crippen molar-refractivity contribution in [2.24, 2.45) is 0 Å². The van der Waals surface area contributed by atoms with Crippen LogP contribution in [0.2, 0.25) is 0 Å². The smallest absolute Gasteiger partial charge is 0.234 e. The van der Waals surface area contributed by atoms with Crippen molar-refractivity contribution in [3.05, 3.63) is 83.9 Å². The van der Waals surface area contributed by atoms with E-state index in [1.165, 1.54) is 16.3 Å². The third-order valence-electron chi connectivity index (χ3n) is 4.38. The topological polar surface area (TPSA) is 32.3 Å². The van der Waals surface area contributed by atoms with E-state index in [4.69, 9.17) is 0 Å². The fourth-order valence-corrected chi connectivity index (χ4v) is 3.19. The standard InChI is InChI=1S/C22H24N2O/c1-17(20-14-8-12-19-11-6-7-13-21(19)20)23-22(25)16-24(2)15-18-9-4-3-5-10-18/h3-14,17H,15-16H2,1-2H3,(H,23,25)/t17-/m0/s1. The van der Waals surface area contributed by atoms with Gasteiger partial charge in [0.05, 0.1) is 12.6 Å². The third-order valence-corrected chi connectivity index (χ3v) is 4.38. The van der Waals surface area contributed by atoms with Crippen molar-refractivity contribution in [3.63, 3.8) is 0 Å². The van der Waals surface area contributed by atoms with Gasteiger partial charge < -0.3 is 5.32 Å². The molecule has 3 rings (SSSR count). The van der Waals surface area contributed by atoms with Gasteiger partial charge in [0.1, 0.15) is 0 Å². The first-order valence-electron chi connectivity index (χ1n) is 8.63. The van der Waals surface area contributed by atoms with E-state index in [9.17, 15) is 4.79 Å². The second-order valence-electron chi connectivity index (χ2n) is 6.52. The Kier molecular flexibility index (Phi) is 5.46. The summed E-state index contributed by atoms with van der Waals surface area (Å²) in [5.41, 5.74) is 2.36. The van der Waals surface area contributed by atoms with Crippen LogP contribution in [0, 0.1) is 0 Å². The Morgan fingerprint density at radius 1 is 0.960 bits per heavy atom. The molecule has 0 unspecified atom stereocenters. The number of hydrogen-bond acceptors (Lipinski definition) is 2. The molecule has 25 heavy (non-hydrogen) atoms. The Balaban J connectivity index is 1.62. The summed E-state index contributed by atoms with van der Waals surface area (Å²) in [5.74, 6) is 0.0406. The summed E-state index contributed by atoms with van der Waals surface area (Å²) in [4.78, 5) is 14.4. The van der Waals surface area contributed by atoms with Gasteiger partial charge in [-0.1, -0.05) is 72.8 Å². The Labute approximate surface area is 149 Å². The lowest BCUT2D eigenvalue weighted by atomic mass is 10.00. The maximum atomic E-state index is 12.4. The average molecular weight is 332 g/mol. The van der Waals surface area contributed by atoms with Crippen molar-refractivity contribution in [3.8, 4) is 0 Å². The zero-order valence-electron chi connectivity index (χ0n) is 14.8. The first-order chi connectivity index (χ1) is 12.1. The quantitative estimate of drug-likeness (QED) is 0.735. The number of carbonyl (C=O) groups excluding carboxylic acids is 1. The van der Waals surface area contributed by atoms with Crippen molar-refractivity contribution in [1.82, 2.24) is 10.2 Å². The van der Waals surface area contributed by atoms with Crippen LogP contribution < -0.4 is 5.32 Å². The van der Waals surface area contributed by atoms with E-state index in [0.29, 0.717) is 6.54 Å². The summed E-state index contributed by atoms with van der Waals surface area (Å²) < 4.78 is 0. The molecule has 0 fully saturated rings. The molecule has 3 aromatic carbocycles. The molecule has 1 atom stereocenters. The highest BCUT2D eigenvalue weighted by molar-refractivity contribution is 5.87. The summed E-state index contributed by atoms with van der Waals surface area (Å²) in [6.45, 7) is 3.18. The Bertz CT molecular complexity index is 840. The summed E-state index contributed by atoms with van der Waals surface area (Å²) in [7, 11) is 1.97. The molecule has 0 aliphatic heterocycles. The Hall–Kier alpha value is -2.65. The highest BCUT2D eigenvalue weighted by atomic mass is 16.2. The van der Waals surface area contributed by atoms with Crippen LogP contribution in [-0.2, 0) is 11.3 Å². The molecule has 0 aliphatic carbocycles. The highest BCUT2D eigenvalue weighted by Gasteiger charge is 2.13. The average Bonchev–Trinajstić information content (AvgIpc) is 2.61. The molecule has 3 heteroatoms. The first-order valence-corrected chi connectivity index (χ1v) is 8.63. The Morgan fingerprint density at radius 2 is 1.64 bits per heavy atom. The van der Waals surface area contributed by atoms with Gasteiger partial charge in [-0.15, -0.1) is 0 Å². The number of nitrogens with zero attached hydrogens (tertiary/aromatic N) is 1. The lowest BCUT2D eigenvalue weighted by Crippen LogP contribution is -2.36. The molecule has 3 nitrogen and oxygen atoms in total. The zero-order valence-corrected chi connectivity index (χ0v) is 14.8. The molecule has 0 spiro atoms. The van der Waals surface area contributed by atoms with Crippen LogP contribution in [0.3, 0.4) is 0 Å². The summed E-state index contributed by atoms with van der Waals surface area (Å²) in [6, 6.07) is 24.7. The maximum Gasteiger partial charge on any atom is 0.234 e. The van der Waals surface area contributed by atoms with Gasteiger partial charge in [0.25, 0.3) is 0 Å². The molecule has 3 aromatic rings. The number of carbonyl (C=O) groups is 1. The fourth-order valence-electron chi connectivity index (χ4n) is 3.19. The monoisotopic (exact) mass is 332 g/mol. The van der Waals surface area contributed by atoms with Gasteiger partial charge in [0, 0.05) is 6.54 Å². The predicted octanol–water partition coefficient (Wildman–Crippen LogP) is 4.15. The highest BCUT2D eigenvalue weighted by Crippen LogP contribution is 2.23. The van der Waals surface area contributed by atoms with Gasteiger partial charge in [-0.05, 0) is 35.9 Å². The van der Waals surface area contributed by atoms with Crippen LogP contribution in [-0.4, -0.2) is 24.4 Å². The van der Waals surface area contributed by atoms with Crippen LogP contribution in [0.5, 0.6) is 0 Å². The number of hydrogen-bond donors (Lipinski definition) is 1. The van der Waals surface area contributed by atoms with Crippen molar-refractivity contribution in [1.29, 1.82) is 0 Å². The van der Waals surface area contributed by atoms with Crippen molar-refractivity contribution < 1.29 is 4.79 Å². The molecule has 128 valence electrons.